The van der Waals surface area contributed by atoms with Crippen molar-refractivity contribution in [3.05, 3.63) is 69.8 Å². The van der Waals surface area contributed by atoms with Gasteiger partial charge in [0.2, 0.25) is 5.95 Å². The molecule has 1 aliphatic heterocycles. The molecule has 0 unspecified atom stereocenters. The average molecular weight is 492 g/mol. The molecular formula is C25H23Cl2N7. The second-order valence-electron chi connectivity index (χ2n) is 8.42. The Morgan fingerprint density at radius 3 is 2.62 bits per heavy atom. The van der Waals surface area contributed by atoms with E-state index >= 15 is 0 Å². The summed E-state index contributed by atoms with van der Waals surface area (Å²) in [4.78, 5) is 14.1. The summed E-state index contributed by atoms with van der Waals surface area (Å²) in [6.07, 6.45) is 4.01. The van der Waals surface area contributed by atoms with Crippen molar-refractivity contribution in [2.75, 3.05) is 18.4 Å². The molecule has 2 aromatic carbocycles. The summed E-state index contributed by atoms with van der Waals surface area (Å²) < 4.78 is 2.12. The zero-order valence-electron chi connectivity index (χ0n) is 18.4. The molecule has 4 aromatic rings. The Morgan fingerprint density at radius 1 is 1.12 bits per heavy atom. The SMILES string of the molecule is N#Cc1ccc(CNc2ncc3nc(-c4c(Cl)cccc4Cl)n(C[C@@H]4CCCNC4)c3n2)cc1. The van der Waals surface area contributed by atoms with Gasteiger partial charge in [-0.2, -0.15) is 10.2 Å². The van der Waals surface area contributed by atoms with Gasteiger partial charge in [0.15, 0.2) is 5.65 Å². The molecule has 0 amide bonds. The van der Waals surface area contributed by atoms with Gasteiger partial charge < -0.3 is 15.2 Å². The average Bonchev–Trinajstić information content (AvgIpc) is 3.20. The predicted octanol–water partition coefficient (Wildman–Crippen LogP) is 5.28. The Bertz CT molecular complexity index is 1330. The van der Waals surface area contributed by atoms with E-state index in [0.29, 0.717) is 50.9 Å². The van der Waals surface area contributed by atoms with E-state index in [0.717, 1.165) is 43.7 Å². The first-order chi connectivity index (χ1) is 16.6. The molecule has 0 saturated carbocycles. The number of hydrogen-bond acceptors (Lipinski definition) is 6. The highest BCUT2D eigenvalue weighted by Gasteiger charge is 2.23. The van der Waals surface area contributed by atoms with Crippen LogP contribution in [0, 0.1) is 17.2 Å². The third-order valence-corrected chi connectivity index (χ3v) is 6.68. The Balaban J connectivity index is 1.51. The third-order valence-electron chi connectivity index (χ3n) is 6.05. The van der Waals surface area contributed by atoms with Crippen molar-refractivity contribution in [2.45, 2.75) is 25.9 Å². The van der Waals surface area contributed by atoms with Gasteiger partial charge in [0.05, 0.1) is 33.4 Å². The van der Waals surface area contributed by atoms with Gasteiger partial charge in [-0.1, -0.05) is 41.4 Å². The fourth-order valence-electron chi connectivity index (χ4n) is 4.30. The van der Waals surface area contributed by atoms with E-state index in [4.69, 9.17) is 38.4 Å². The normalized spacial score (nSPS) is 15.9. The van der Waals surface area contributed by atoms with Gasteiger partial charge in [-0.05, 0) is 61.7 Å². The van der Waals surface area contributed by atoms with Crippen molar-refractivity contribution >= 4 is 40.3 Å². The molecule has 2 aromatic heterocycles. The van der Waals surface area contributed by atoms with Crippen LogP contribution in [0.25, 0.3) is 22.6 Å². The van der Waals surface area contributed by atoms with Gasteiger partial charge in [0, 0.05) is 13.1 Å². The quantitative estimate of drug-likeness (QED) is 0.381. The molecule has 1 fully saturated rings. The molecule has 172 valence electrons. The summed E-state index contributed by atoms with van der Waals surface area (Å²) >= 11 is 13.1. The molecule has 1 atom stereocenters. The lowest BCUT2D eigenvalue weighted by Crippen LogP contribution is -2.32. The van der Waals surface area contributed by atoms with Gasteiger partial charge in [-0.15, -0.1) is 0 Å². The zero-order chi connectivity index (χ0) is 23.5. The van der Waals surface area contributed by atoms with Crippen LogP contribution in [-0.2, 0) is 13.1 Å². The van der Waals surface area contributed by atoms with Crippen LogP contribution in [0.2, 0.25) is 10.0 Å². The van der Waals surface area contributed by atoms with Crippen molar-refractivity contribution in [2.24, 2.45) is 5.92 Å². The molecule has 9 heteroatoms. The first-order valence-corrected chi connectivity index (χ1v) is 12.0. The number of anilines is 1. The smallest absolute Gasteiger partial charge is 0.225 e. The van der Waals surface area contributed by atoms with E-state index < -0.39 is 0 Å². The van der Waals surface area contributed by atoms with Crippen LogP contribution in [0.15, 0.2) is 48.7 Å². The molecule has 0 radical (unpaired) electrons. The first-order valence-electron chi connectivity index (χ1n) is 11.2. The summed E-state index contributed by atoms with van der Waals surface area (Å²) in [7, 11) is 0. The van der Waals surface area contributed by atoms with Crippen LogP contribution in [0.1, 0.15) is 24.0 Å². The number of hydrogen-bond donors (Lipinski definition) is 2. The van der Waals surface area contributed by atoms with Crippen LogP contribution in [0.3, 0.4) is 0 Å². The number of nitrogens with one attached hydrogen (secondary N) is 2. The van der Waals surface area contributed by atoms with Gasteiger partial charge in [-0.3, -0.25) is 0 Å². The van der Waals surface area contributed by atoms with E-state index in [1.165, 1.54) is 0 Å². The number of rotatable bonds is 6. The van der Waals surface area contributed by atoms with Gasteiger partial charge in [0.1, 0.15) is 11.3 Å². The fraction of sp³-hybridized carbons (Fsp3) is 0.280. The highest BCUT2D eigenvalue weighted by atomic mass is 35.5. The number of fused-ring (bicyclic) bond motifs is 1. The minimum atomic E-state index is 0.455. The molecule has 0 bridgehead atoms. The van der Waals surface area contributed by atoms with Crippen molar-refractivity contribution in [1.29, 1.82) is 5.26 Å². The topological polar surface area (TPSA) is 91.5 Å². The van der Waals surface area contributed by atoms with Gasteiger partial charge in [0.25, 0.3) is 0 Å². The number of imidazole rings is 1. The molecule has 5 rings (SSSR count). The van der Waals surface area contributed by atoms with Crippen molar-refractivity contribution in [3.63, 3.8) is 0 Å². The number of aromatic nitrogens is 4. The molecule has 1 aliphatic rings. The van der Waals surface area contributed by atoms with E-state index in [9.17, 15) is 0 Å². The molecule has 2 N–H and O–H groups in total. The number of piperidine rings is 1. The van der Waals surface area contributed by atoms with Crippen LogP contribution >= 0.6 is 23.2 Å². The lowest BCUT2D eigenvalue weighted by atomic mass is 9.99. The van der Waals surface area contributed by atoms with Crippen molar-refractivity contribution in [3.8, 4) is 17.5 Å². The number of nitrogens with zero attached hydrogens (tertiary/aromatic N) is 5. The standard InChI is InChI=1S/C25H23Cl2N7/c26-19-4-1-5-20(27)22(19)24-32-21-14-31-25(30-13-17-8-6-16(11-28)7-9-17)33-23(21)34(24)15-18-3-2-10-29-12-18/h1,4-9,14,18,29H,2-3,10,12-13,15H2,(H,30,31,33)/t18-/m1/s1. The van der Waals surface area contributed by atoms with Gasteiger partial charge in [-0.25, -0.2) is 9.97 Å². The third kappa shape index (κ3) is 4.71. The maximum Gasteiger partial charge on any atom is 0.225 e. The maximum absolute atomic E-state index is 8.98. The summed E-state index contributed by atoms with van der Waals surface area (Å²) in [5.41, 5.74) is 3.81. The van der Waals surface area contributed by atoms with Crippen LogP contribution in [0.4, 0.5) is 5.95 Å². The second kappa shape index (κ2) is 9.98. The van der Waals surface area contributed by atoms with E-state index in [2.05, 4.69) is 26.3 Å². The van der Waals surface area contributed by atoms with Crippen molar-refractivity contribution < 1.29 is 0 Å². The molecule has 34 heavy (non-hydrogen) atoms. The molecule has 0 aliphatic carbocycles. The van der Waals surface area contributed by atoms with Crippen molar-refractivity contribution in [1.82, 2.24) is 24.8 Å². The molecule has 1 saturated heterocycles. The minimum absolute atomic E-state index is 0.455. The Morgan fingerprint density at radius 2 is 1.91 bits per heavy atom. The molecule has 0 spiro atoms. The van der Waals surface area contributed by atoms with E-state index in [1.807, 2.05) is 30.3 Å². The van der Waals surface area contributed by atoms with Crippen LogP contribution in [0.5, 0.6) is 0 Å². The number of nitriles is 1. The lowest BCUT2D eigenvalue weighted by Gasteiger charge is -2.24. The highest BCUT2D eigenvalue weighted by Crippen LogP contribution is 2.36. The van der Waals surface area contributed by atoms with E-state index in [1.54, 1.807) is 18.3 Å². The summed E-state index contributed by atoms with van der Waals surface area (Å²) in [5, 5.41) is 16.9. The summed E-state index contributed by atoms with van der Waals surface area (Å²) in [6.45, 7) is 3.30. The number of benzene rings is 2. The maximum atomic E-state index is 8.98. The first kappa shape index (κ1) is 22.6. The monoisotopic (exact) mass is 491 g/mol. The molecular weight excluding hydrogens is 469 g/mol. The van der Waals surface area contributed by atoms with E-state index in [-0.39, 0.29) is 0 Å². The minimum Gasteiger partial charge on any atom is -0.350 e. The Hall–Kier alpha value is -3.18. The molecule has 7 nitrogen and oxygen atoms in total. The second-order valence-corrected chi connectivity index (χ2v) is 9.23. The lowest BCUT2D eigenvalue weighted by molar-refractivity contribution is 0.341. The largest absolute Gasteiger partial charge is 0.350 e. The Labute approximate surface area is 207 Å². The Kier molecular flexibility index (Phi) is 6.63. The van der Waals surface area contributed by atoms with Gasteiger partial charge >= 0.3 is 0 Å². The predicted molar refractivity (Wildman–Crippen MR) is 135 cm³/mol. The molecule has 3 heterocycles. The summed E-state index contributed by atoms with van der Waals surface area (Å²) in [6, 6.07) is 15.0. The van der Waals surface area contributed by atoms with Crippen LogP contribution < -0.4 is 10.6 Å². The van der Waals surface area contributed by atoms with Crippen LogP contribution in [-0.4, -0.2) is 32.6 Å². The summed E-state index contributed by atoms with van der Waals surface area (Å²) in [5.74, 6) is 1.67. The fourth-order valence-corrected chi connectivity index (χ4v) is 4.86. The zero-order valence-corrected chi connectivity index (χ0v) is 19.9. The highest BCUT2D eigenvalue weighted by molar-refractivity contribution is 6.39. The number of halogens is 2.